The molecule has 6 heteroatoms. The molecule has 27 heavy (non-hydrogen) atoms. The number of amides is 1. The van der Waals surface area contributed by atoms with Gasteiger partial charge in [0.2, 0.25) is 5.91 Å². The fraction of sp³-hybridized carbons (Fsp3) is 0.667. The molecule has 3 N–H and O–H groups in total. The molecule has 0 spiro atoms. The number of hydrogen-bond donors (Lipinski definition) is 2. The first-order chi connectivity index (χ1) is 12.2. The SMILES string of the molecule is Cl.Cl.NC1C2CCCC1CC(C(=O)NCCN1CCc3ccccc3C1)C2. The summed E-state index contributed by atoms with van der Waals surface area (Å²) in [5.74, 6) is 1.60. The summed E-state index contributed by atoms with van der Waals surface area (Å²) in [5, 5.41) is 3.21. The number of benzene rings is 1. The molecule has 1 aliphatic heterocycles. The van der Waals surface area contributed by atoms with Crippen molar-refractivity contribution in [1.82, 2.24) is 10.2 Å². The van der Waals surface area contributed by atoms with Crippen molar-refractivity contribution >= 4 is 30.7 Å². The van der Waals surface area contributed by atoms with Crippen molar-refractivity contribution in [2.45, 2.75) is 51.1 Å². The van der Waals surface area contributed by atoms with Crippen molar-refractivity contribution in [1.29, 1.82) is 0 Å². The Balaban J connectivity index is 0.00000131. The van der Waals surface area contributed by atoms with E-state index in [-0.39, 0.29) is 36.6 Å². The predicted molar refractivity (Wildman–Crippen MR) is 114 cm³/mol. The Bertz CT molecular complexity index is 613. The van der Waals surface area contributed by atoms with Gasteiger partial charge >= 0.3 is 0 Å². The van der Waals surface area contributed by atoms with Crippen molar-refractivity contribution in [3.05, 3.63) is 35.4 Å². The minimum absolute atomic E-state index is 0. The monoisotopic (exact) mass is 413 g/mol. The fourth-order valence-corrected chi connectivity index (χ4v) is 5.23. The van der Waals surface area contributed by atoms with Gasteiger partial charge in [0.25, 0.3) is 0 Å². The van der Waals surface area contributed by atoms with Crippen LogP contribution in [0.5, 0.6) is 0 Å². The Labute approximate surface area is 175 Å². The molecule has 0 aromatic heterocycles. The van der Waals surface area contributed by atoms with Gasteiger partial charge in [0.1, 0.15) is 0 Å². The average Bonchev–Trinajstić information content (AvgIpc) is 2.61. The van der Waals surface area contributed by atoms with Crippen LogP contribution in [0.25, 0.3) is 0 Å². The van der Waals surface area contributed by atoms with E-state index in [0.29, 0.717) is 17.9 Å². The Morgan fingerprint density at radius 3 is 2.48 bits per heavy atom. The van der Waals surface area contributed by atoms with Gasteiger partial charge in [-0.2, -0.15) is 0 Å². The van der Waals surface area contributed by atoms with Gasteiger partial charge in [-0.05, 0) is 55.1 Å². The van der Waals surface area contributed by atoms with Crippen LogP contribution in [-0.4, -0.2) is 36.5 Å². The molecule has 2 aliphatic carbocycles. The van der Waals surface area contributed by atoms with Gasteiger partial charge in [0.15, 0.2) is 0 Å². The zero-order chi connectivity index (χ0) is 17.2. The number of nitrogens with zero attached hydrogens (tertiary/aromatic N) is 1. The molecule has 0 saturated heterocycles. The number of hydrogen-bond acceptors (Lipinski definition) is 3. The van der Waals surface area contributed by atoms with Crippen molar-refractivity contribution < 1.29 is 4.79 Å². The molecule has 2 bridgehead atoms. The lowest BCUT2D eigenvalue weighted by Gasteiger charge is -2.43. The maximum atomic E-state index is 12.6. The van der Waals surface area contributed by atoms with Crippen LogP contribution in [0.15, 0.2) is 24.3 Å². The third-order valence-electron chi connectivity index (χ3n) is 6.72. The largest absolute Gasteiger partial charge is 0.355 e. The Morgan fingerprint density at radius 1 is 1.11 bits per heavy atom. The minimum atomic E-state index is 0. The van der Waals surface area contributed by atoms with E-state index in [1.165, 1.54) is 30.4 Å². The van der Waals surface area contributed by atoms with Crippen LogP contribution in [-0.2, 0) is 17.8 Å². The third-order valence-corrected chi connectivity index (χ3v) is 6.72. The van der Waals surface area contributed by atoms with Crippen LogP contribution >= 0.6 is 24.8 Å². The molecule has 1 heterocycles. The van der Waals surface area contributed by atoms with E-state index in [2.05, 4.69) is 34.5 Å². The molecule has 2 fully saturated rings. The number of halogens is 2. The number of carbonyl (C=O) groups is 1. The van der Waals surface area contributed by atoms with Crippen LogP contribution in [0.2, 0.25) is 0 Å². The summed E-state index contributed by atoms with van der Waals surface area (Å²) in [6, 6.07) is 9.05. The molecule has 152 valence electrons. The van der Waals surface area contributed by atoms with Crippen molar-refractivity contribution in [2.24, 2.45) is 23.5 Å². The Hall–Kier alpha value is -0.810. The highest BCUT2D eigenvalue weighted by Gasteiger charge is 2.40. The predicted octanol–water partition coefficient (Wildman–Crippen LogP) is 3.16. The molecule has 1 aromatic rings. The highest BCUT2D eigenvalue weighted by atomic mass is 35.5. The molecule has 4 nitrogen and oxygen atoms in total. The van der Waals surface area contributed by atoms with Crippen molar-refractivity contribution in [3.8, 4) is 0 Å². The van der Waals surface area contributed by atoms with Crippen LogP contribution in [0.3, 0.4) is 0 Å². The maximum absolute atomic E-state index is 12.6. The average molecular weight is 414 g/mol. The summed E-state index contributed by atoms with van der Waals surface area (Å²) in [4.78, 5) is 15.1. The molecule has 4 rings (SSSR count). The second kappa shape index (κ2) is 10.1. The van der Waals surface area contributed by atoms with Crippen molar-refractivity contribution in [2.75, 3.05) is 19.6 Å². The highest BCUT2D eigenvalue weighted by Crippen LogP contribution is 2.41. The van der Waals surface area contributed by atoms with Crippen LogP contribution in [0.1, 0.15) is 43.2 Å². The lowest BCUT2D eigenvalue weighted by atomic mass is 9.65. The summed E-state index contributed by atoms with van der Waals surface area (Å²) < 4.78 is 0. The molecule has 1 amide bonds. The lowest BCUT2D eigenvalue weighted by molar-refractivity contribution is -0.127. The van der Waals surface area contributed by atoms with Gasteiger partial charge in [-0.15, -0.1) is 24.8 Å². The van der Waals surface area contributed by atoms with Crippen LogP contribution < -0.4 is 11.1 Å². The smallest absolute Gasteiger partial charge is 0.223 e. The minimum Gasteiger partial charge on any atom is -0.355 e. The molecule has 2 unspecified atom stereocenters. The standard InChI is InChI=1S/C21H31N3O.2ClH/c22-20-16-6-3-7-17(20)13-19(12-16)21(25)23-9-11-24-10-8-15-4-1-2-5-18(15)14-24;;/h1-2,4-5,16-17,19-20H,3,6-14,22H2,(H,23,25);2*1H. The van der Waals surface area contributed by atoms with Crippen LogP contribution in [0, 0.1) is 17.8 Å². The topological polar surface area (TPSA) is 58.4 Å². The first kappa shape index (κ1) is 22.5. The molecule has 2 atom stereocenters. The van der Waals surface area contributed by atoms with E-state index in [9.17, 15) is 4.79 Å². The van der Waals surface area contributed by atoms with Gasteiger partial charge in [-0.1, -0.05) is 30.7 Å². The maximum Gasteiger partial charge on any atom is 0.223 e. The number of nitrogens with one attached hydrogen (secondary N) is 1. The zero-order valence-electron chi connectivity index (χ0n) is 15.9. The Morgan fingerprint density at radius 2 is 1.78 bits per heavy atom. The molecular formula is C21H33Cl2N3O. The molecule has 3 aliphatic rings. The van der Waals surface area contributed by atoms with Gasteiger partial charge < -0.3 is 11.1 Å². The third kappa shape index (κ3) is 5.17. The molecule has 1 aromatic carbocycles. The quantitative estimate of drug-likeness (QED) is 0.796. The normalized spacial score (nSPS) is 29.7. The summed E-state index contributed by atoms with van der Waals surface area (Å²) in [6.45, 7) is 3.81. The first-order valence-corrected chi connectivity index (χ1v) is 10.0. The van der Waals surface area contributed by atoms with E-state index in [1.54, 1.807) is 0 Å². The lowest BCUT2D eigenvalue weighted by Crippen LogP contribution is -2.49. The van der Waals surface area contributed by atoms with E-state index in [1.807, 2.05) is 0 Å². The van der Waals surface area contributed by atoms with E-state index < -0.39 is 0 Å². The van der Waals surface area contributed by atoms with E-state index in [4.69, 9.17) is 5.73 Å². The second-order valence-electron chi connectivity index (χ2n) is 8.28. The summed E-state index contributed by atoms with van der Waals surface area (Å²) in [6.07, 6.45) is 6.85. The number of nitrogens with two attached hydrogens (primary N) is 1. The Kier molecular flexibility index (Phi) is 8.41. The molecule has 0 radical (unpaired) electrons. The zero-order valence-corrected chi connectivity index (χ0v) is 17.6. The highest BCUT2D eigenvalue weighted by molar-refractivity contribution is 5.85. The van der Waals surface area contributed by atoms with Crippen molar-refractivity contribution in [3.63, 3.8) is 0 Å². The van der Waals surface area contributed by atoms with Gasteiger partial charge in [0.05, 0.1) is 0 Å². The number of rotatable bonds is 4. The number of fused-ring (bicyclic) bond motifs is 3. The number of carbonyl (C=O) groups excluding carboxylic acids is 1. The fourth-order valence-electron chi connectivity index (χ4n) is 5.23. The summed E-state index contributed by atoms with van der Waals surface area (Å²) >= 11 is 0. The summed E-state index contributed by atoms with van der Waals surface area (Å²) in [7, 11) is 0. The molecular weight excluding hydrogens is 381 g/mol. The first-order valence-electron chi connectivity index (χ1n) is 10.0. The van der Waals surface area contributed by atoms with E-state index in [0.717, 1.165) is 45.4 Å². The second-order valence-corrected chi connectivity index (χ2v) is 8.28. The van der Waals surface area contributed by atoms with Gasteiger partial charge in [-0.25, -0.2) is 0 Å². The van der Waals surface area contributed by atoms with E-state index >= 15 is 0 Å². The van der Waals surface area contributed by atoms with Crippen LogP contribution in [0.4, 0.5) is 0 Å². The molecule has 2 saturated carbocycles. The van der Waals surface area contributed by atoms with Gasteiger partial charge in [-0.3, -0.25) is 9.69 Å². The summed E-state index contributed by atoms with van der Waals surface area (Å²) in [5.41, 5.74) is 9.26. The van der Waals surface area contributed by atoms with Gasteiger partial charge in [0, 0.05) is 38.1 Å².